The van der Waals surface area contributed by atoms with Gasteiger partial charge in [-0.15, -0.1) is 15.3 Å². The predicted molar refractivity (Wildman–Crippen MR) is 81.8 cm³/mol. The molecule has 0 atom stereocenters. The second-order valence-corrected chi connectivity index (χ2v) is 6.34. The number of fused-ring (bicyclic) bond motifs is 1. The lowest BCUT2D eigenvalue weighted by atomic mass is 9.85. The van der Waals surface area contributed by atoms with E-state index in [1.807, 2.05) is 23.7 Å². The summed E-state index contributed by atoms with van der Waals surface area (Å²) in [4.78, 5) is 15.4. The highest BCUT2D eigenvalue weighted by Gasteiger charge is 2.33. The lowest BCUT2D eigenvalue weighted by molar-refractivity contribution is -0.130. The number of rotatable bonds is 3. The number of amides is 1. The average Bonchev–Trinajstić information content (AvgIpc) is 2.78. The van der Waals surface area contributed by atoms with Gasteiger partial charge >= 0.3 is 0 Å². The number of carbonyl (C=O) groups excluding carboxylic acids is 1. The molecule has 1 amide bonds. The van der Waals surface area contributed by atoms with E-state index in [-0.39, 0.29) is 11.9 Å². The minimum Gasteiger partial charge on any atom is -0.351 e. The normalized spacial score (nSPS) is 19.1. The second-order valence-electron chi connectivity index (χ2n) is 6.34. The first kappa shape index (κ1) is 13.5. The molecule has 1 aliphatic carbocycles. The van der Waals surface area contributed by atoms with Gasteiger partial charge in [-0.05, 0) is 25.0 Å². The van der Waals surface area contributed by atoms with Crippen LogP contribution < -0.4 is 4.90 Å². The molecule has 2 fully saturated rings. The molecule has 1 aliphatic heterocycles. The first-order chi connectivity index (χ1) is 10.6. The Morgan fingerprint density at radius 3 is 2.68 bits per heavy atom. The van der Waals surface area contributed by atoms with Gasteiger partial charge in [-0.25, -0.2) is 0 Å². The van der Waals surface area contributed by atoms with Crippen molar-refractivity contribution in [2.24, 2.45) is 0 Å². The molecule has 3 heterocycles. The Balaban J connectivity index is 1.55. The summed E-state index contributed by atoms with van der Waals surface area (Å²) in [5.74, 6) is 2.53. The van der Waals surface area contributed by atoms with Gasteiger partial charge in [0, 0.05) is 33.0 Å². The molecule has 2 aromatic heterocycles. The van der Waals surface area contributed by atoms with E-state index in [1.54, 1.807) is 11.8 Å². The Morgan fingerprint density at radius 1 is 1.27 bits per heavy atom. The van der Waals surface area contributed by atoms with Crippen LogP contribution in [0.1, 0.15) is 37.9 Å². The summed E-state index contributed by atoms with van der Waals surface area (Å²) in [5.41, 5.74) is 0.809. The van der Waals surface area contributed by atoms with E-state index >= 15 is 0 Å². The van der Waals surface area contributed by atoms with E-state index in [1.165, 1.54) is 19.3 Å². The third-order valence-corrected chi connectivity index (χ3v) is 4.97. The van der Waals surface area contributed by atoms with Crippen LogP contribution >= 0.6 is 0 Å². The highest BCUT2D eigenvalue weighted by Crippen LogP contribution is 2.35. The van der Waals surface area contributed by atoms with E-state index in [4.69, 9.17) is 5.10 Å². The van der Waals surface area contributed by atoms with Crippen LogP contribution in [0.25, 0.3) is 5.65 Å². The molecule has 0 N–H and O–H groups in total. The van der Waals surface area contributed by atoms with Crippen molar-refractivity contribution < 1.29 is 4.79 Å². The zero-order chi connectivity index (χ0) is 15.3. The molecule has 0 unspecified atom stereocenters. The SMILES string of the molecule is CC(=O)N(C)C1CN(c2ccc3nnc(C4CCC4)n3n2)C1. The lowest BCUT2D eigenvalue weighted by Crippen LogP contribution is -2.59. The molecule has 7 heteroatoms. The maximum Gasteiger partial charge on any atom is 0.219 e. The highest BCUT2D eigenvalue weighted by atomic mass is 16.2. The summed E-state index contributed by atoms with van der Waals surface area (Å²) in [6.07, 6.45) is 3.63. The van der Waals surface area contributed by atoms with Gasteiger partial charge in [0.1, 0.15) is 5.82 Å². The molecule has 2 aromatic rings. The molecule has 1 saturated carbocycles. The largest absolute Gasteiger partial charge is 0.351 e. The van der Waals surface area contributed by atoms with Gasteiger partial charge in [0.05, 0.1) is 6.04 Å². The third-order valence-electron chi connectivity index (χ3n) is 4.97. The van der Waals surface area contributed by atoms with Crippen LogP contribution in [0.15, 0.2) is 12.1 Å². The number of carbonyl (C=O) groups is 1. The molecule has 2 aliphatic rings. The Kier molecular flexibility index (Phi) is 3.02. The summed E-state index contributed by atoms with van der Waals surface area (Å²) < 4.78 is 1.89. The Bertz CT molecular complexity index is 716. The van der Waals surface area contributed by atoms with Crippen molar-refractivity contribution in [3.8, 4) is 0 Å². The number of nitrogens with zero attached hydrogens (tertiary/aromatic N) is 6. The summed E-state index contributed by atoms with van der Waals surface area (Å²) in [7, 11) is 1.86. The van der Waals surface area contributed by atoms with Crippen molar-refractivity contribution in [3.63, 3.8) is 0 Å². The average molecular weight is 300 g/mol. The van der Waals surface area contributed by atoms with Crippen LogP contribution in [0.5, 0.6) is 0 Å². The van der Waals surface area contributed by atoms with Crippen LogP contribution in [0, 0.1) is 0 Å². The molecular formula is C15H20N6O. The number of hydrogen-bond acceptors (Lipinski definition) is 5. The quantitative estimate of drug-likeness (QED) is 0.848. The summed E-state index contributed by atoms with van der Waals surface area (Å²) >= 11 is 0. The monoisotopic (exact) mass is 300 g/mol. The zero-order valence-electron chi connectivity index (χ0n) is 12.9. The minimum atomic E-state index is 0.110. The molecule has 22 heavy (non-hydrogen) atoms. The van der Waals surface area contributed by atoms with Gasteiger partial charge in [-0.3, -0.25) is 4.79 Å². The van der Waals surface area contributed by atoms with Crippen LogP contribution in [-0.2, 0) is 4.79 Å². The fourth-order valence-electron chi connectivity index (χ4n) is 3.03. The van der Waals surface area contributed by atoms with Gasteiger partial charge in [0.15, 0.2) is 11.5 Å². The summed E-state index contributed by atoms with van der Waals surface area (Å²) in [6.45, 7) is 3.26. The van der Waals surface area contributed by atoms with Crippen molar-refractivity contribution in [1.29, 1.82) is 0 Å². The molecule has 0 spiro atoms. The fourth-order valence-corrected chi connectivity index (χ4v) is 3.03. The molecule has 7 nitrogen and oxygen atoms in total. The molecular weight excluding hydrogens is 280 g/mol. The van der Waals surface area contributed by atoms with Crippen molar-refractivity contribution in [2.45, 2.75) is 38.1 Å². The van der Waals surface area contributed by atoms with Crippen molar-refractivity contribution in [3.05, 3.63) is 18.0 Å². The maximum atomic E-state index is 11.4. The summed E-state index contributed by atoms with van der Waals surface area (Å²) in [6, 6.07) is 4.24. The van der Waals surface area contributed by atoms with E-state index < -0.39 is 0 Å². The van der Waals surface area contributed by atoms with Gasteiger partial charge in [-0.1, -0.05) is 6.42 Å². The second kappa shape index (κ2) is 4.93. The standard InChI is InChI=1S/C15H20N6O/c1-10(22)19(2)12-8-20(9-12)14-7-6-13-16-17-15(21(13)18-14)11-4-3-5-11/h6-7,11-12H,3-5,8-9H2,1-2H3. The van der Waals surface area contributed by atoms with Gasteiger partial charge in [0.2, 0.25) is 5.91 Å². The van der Waals surface area contributed by atoms with Crippen LogP contribution in [0.3, 0.4) is 0 Å². The van der Waals surface area contributed by atoms with E-state index in [0.29, 0.717) is 5.92 Å². The Hall–Kier alpha value is -2.18. The molecule has 1 saturated heterocycles. The topological polar surface area (TPSA) is 66.6 Å². The van der Waals surface area contributed by atoms with Crippen LogP contribution in [0.4, 0.5) is 5.82 Å². The van der Waals surface area contributed by atoms with E-state index in [9.17, 15) is 4.79 Å². The van der Waals surface area contributed by atoms with Gasteiger partial charge in [-0.2, -0.15) is 4.52 Å². The summed E-state index contributed by atoms with van der Waals surface area (Å²) in [5, 5.41) is 13.2. The number of anilines is 1. The smallest absolute Gasteiger partial charge is 0.219 e. The lowest BCUT2D eigenvalue weighted by Gasteiger charge is -2.44. The highest BCUT2D eigenvalue weighted by molar-refractivity contribution is 5.73. The van der Waals surface area contributed by atoms with Crippen LogP contribution in [0.2, 0.25) is 0 Å². The molecule has 0 aromatic carbocycles. The molecule has 4 rings (SSSR count). The van der Waals surface area contributed by atoms with Crippen molar-refractivity contribution in [2.75, 3.05) is 25.0 Å². The minimum absolute atomic E-state index is 0.110. The predicted octanol–water partition coefficient (Wildman–Crippen LogP) is 1.06. The van der Waals surface area contributed by atoms with Gasteiger partial charge in [0.25, 0.3) is 0 Å². The first-order valence-electron chi connectivity index (χ1n) is 7.84. The first-order valence-corrected chi connectivity index (χ1v) is 7.84. The van der Waals surface area contributed by atoms with E-state index in [0.717, 1.165) is 30.4 Å². The zero-order valence-corrected chi connectivity index (χ0v) is 12.9. The molecule has 0 radical (unpaired) electrons. The molecule has 0 bridgehead atoms. The Labute approximate surface area is 128 Å². The maximum absolute atomic E-state index is 11.4. The number of likely N-dealkylation sites (N-methyl/N-ethyl adjacent to an activating group) is 1. The fraction of sp³-hybridized carbons (Fsp3) is 0.600. The van der Waals surface area contributed by atoms with Crippen LogP contribution in [-0.4, -0.2) is 56.8 Å². The number of hydrogen-bond donors (Lipinski definition) is 0. The van der Waals surface area contributed by atoms with Gasteiger partial charge < -0.3 is 9.80 Å². The number of aromatic nitrogens is 4. The van der Waals surface area contributed by atoms with Crippen molar-refractivity contribution >= 4 is 17.4 Å². The third kappa shape index (κ3) is 2.03. The van der Waals surface area contributed by atoms with E-state index in [2.05, 4.69) is 15.1 Å². The Morgan fingerprint density at radius 2 is 2.05 bits per heavy atom. The molecule has 116 valence electrons. The van der Waals surface area contributed by atoms with Crippen molar-refractivity contribution in [1.82, 2.24) is 24.7 Å².